The van der Waals surface area contributed by atoms with Crippen LogP contribution in [0.4, 0.5) is 4.79 Å². The molecule has 0 N–H and O–H groups in total. The first kappa shape index (κ1) is 17.2. The second-order valence-corrected chi connectivity index (χ2v) is 4.94. The number of hydrogen-bond donors (Lipinski definition) is 0. The minimum Gasteiger partial charge on any atom is -0.410 e. The van der Waals surface area contributed by atoms with Gasteiger partial charge in [0.2, 0.25) is 0 Å². The van der Waals surface area contributed by atoms with Crippen molar-refractivity contribution in [3.05, 3.63) is 41.5 Å². The number of allylic oxidation sites excluding steroid dienone is 1. The monoisotopic (exact) mass is 291 g/mol. The second-order valence-electron chi connectivity index (χ2n) is 4.94. The highest BCUT2D eigenvalue weighted by Crippen LogP contribution is 2.19. The van der Waals surface area contributed by atoms with E-state index in [-0.39, 0.29) is 6.09 Å². The molecule has 1 aromatic rings. The van der Waals surface area contributed by atoms with Gasteiger partial charge in [-0.15, -0.1) is 0 Å². The van der Waals surface area contributed by atoms with Crippen molar-refractivity contribution in [2.24, 2.45) is 0 Å². The Morgan fingerprint density at radius 2 is 1.86 bits per heavy atom. The lowest BCUT2D eigenvalue weighted by Crippen LogP contribution is -2.33. The summed E-state index contributed by atoms with van der Waals surface area (Å²) in [6.45, 7) is 10.2. The normalized spacial score (nSPS) is 10.1. The Balaban J connectivity index is 2.66. The summed E-state index contributed by atoms with van der Waals surface area (Å²) in [6, 6.07) is 7.47. The predicted octanol–water partition coefficient (Wildman–Crippen LogP) is 4.01. The smallest absolute Gasteiger partial charge is 0.410 e. The molecule has 0 aliphatic heterocycles. The predicted molar refractivity (Wildman–Crippen MR) is 84.5 cm³/mol. The van der Waals surface area contributed by atoms with E-state index < -0.39 is 0 Å². The van der Waals surface area contributed by atoms with Crippen LogP contribution >= 0.6 is 0 Å². The highest BCUT2D eigenvalue weighted by atomic mass is 16.6. The fourth-order valence-corrected chi connectivity index (χ4v) is 1.76. The van der Waals surface area contributed by atoms with Gasteiger partial charge in [0.15, 0.2) is 0 Å². The first-order valence-corrected chi connectivity index (χ1v) is 7.34. The van der Waals surface area contributed by atoms with Crippen LogP contribution < -0.4 is 4.74 Å². The molecular weight excluding hydrogens is 266 g/mol. The van der Waals surface area contributed by atoms with Crippen LogP contribution in [0.3, 0.4) is 0 Å². The Labute approximate surface area is 127 Å². The molecule has 0 aliphatic rings. The first-order valence-electron chi connectivity index (χ1n) is 7.34. The van der Waals surface area contributed by atoms with Crippen LogP contribution in [0, 0.1) is 0 Å². The SMILES string of the molecule is CCN(CC)C(=O)Oc1ccccc1COCC=C(C)C. The van der Waals surface area contributed by atoms with Crippen LogP contribution in [0.5, 0.6) is 5.75 Å². The molecule has 1 rings (SSSR count). The van der Waals surface area contributed by atoms with Gasteiger partial charge < -0.3 is 14.4 Å². The quantitative estimate of drug-likeness (QED) is 0.563. The Hall–Kier alpha value is -1.81. The molecule has 0 aromatic heterocycles. The van der Waals surface area contributed by atoms with Gasteiger partial charge in [-0.1, -0.05) is 29.8 Å². The Morgan fingerprint density at radius 1 is 1.19 bits per heavy atom. The standard InChI is InChI=1S/C17H25NO3/c1-5-18(6-2)17(19)21-16-10-8-7-9-15(16)13-20-12-11-14(3)4/h7-11H,5-6,12-13H2,1-4H3. The molecule has 0 fully saturated rings. The number of nitrogens with zero attached hydrogens (tertiary/aromatic N) is 1. The van der Waals surface area contributed by atoms with E-state index >= 15 is 0 Å². The van der Waals surface area contributed by atoms with Gasteiger partial charge in [0.05, 0.1) is 13.2 Å². The first-order chi connectivity index (χ1) is 10.1. The summed E-state index contributed by atoms with van der Waals surface area (Å²) >= 11 is 0. The van der Waals surface area contributed by atoms with Gasteiger partial charge >= 0.3 is 6.09 Å². The summed E-state index contributed by atoms with van der Waals surface area (Å²) in [6.07, 6.45) is 1.70. The van der Waals surface area contributed by atoms with Crippen LogP contribution in [-0.4, -0.2) is 30.7 Å². The molecule has 4 heteroatoms. The fraction of sp³-hybridized carbons (Fsp3) is 0.471. The number of benzene rings is 1. The van der Waals surface area contributed by atoms with Gasteiger partial charge in [-0.05, 0) is 33.8 Å². The molecule has 0 saturated heterocycles. The van der Waals surface area contributed by atoms with Crippen LogP contribution in [0.2, 0.25) is 0 Å². The lowest BCUT2D eigenvalue weighted by atomic mass is 10.2. The molecule has 0 saturated carbocycles. The molecule has 0 radical (unpaired) electrons. The summed E-state index contributed by atoms with van der Waals surface area (Å²) in [5.74, 6) is 0.562. The van der Waals surface area contributed by atoms with E-state index in [0.29, 0.717) is 32.1 Å². The highest BCUT2D eigenvalue weighted by Gasteiger charge is 2.14. The van der Waals surface area contributed by atoms with E-state index in [9.17, 15) is 4.79 Å². The van der Waals surface area contributed by atoms with E-state index in [1.165, 1.54) is 5.57 Å². The Bertz CT molecular complexity index is 475. The zero-order valence-electron chi connectivity index (χ0n) is 13.4. The number of hydrogen-bond acceptors (Lipinski definition) is 3. The molecule has 1 amide bonds. The topological polar surface area (TPSA) is 38.8 Å². The average molecular weight is 291 g/mol. The number of ether oxygens (including phenoxy) is 2. The number of para-hydroxylation sites is 1. The minimum absolute atomic E-state index is 0.322. The van der Waals surface area contributed by atoms with Crippen LogP contribution in [-0.2, 0) is 11.3 Å². The van der Waals surface area contributed by atoms with Crippen molar-refractivity contribution < 1.29 is 14.3 Å². The molecule has 1 aromatic carbocycles. The number of rotatable bonds is 7. The maximum atomic E-state index is 12.0. The second kappa shape index (κ2) is 9.19. The summed E-state index contributed by atoms with van der Waals surface area (Å²) in [5.41, 5.74) is 2.09. The molecule has 116 valence electrons. The Kier molecular flexibility index (Phi) is 7.54. The van der Waals surface area contributed by atoms with Crippen molar-refractivity contribution in [1.29, 1.82) is 0 Å². The molecule has 0 heterocycles. The lowest BCUT2D eigenvalue weighted by molar-refractivity contribution is 0.140. The van der Waals surface area contributed by atoms with Gasteiger partial charge in [-0.2, -0.15) is 0 Å². The third-order valence-corrected chi connectivity index (χ3v) is 3.06. The largest absolute Gasteiger partial charge is 0.415 e. The molecule has 0 atom stereocenters. The molecule has 0 unspecified atom stereocenters. The van der Waals surface area contributed by atoms with E-state index in [1.54, 1.807) is 11.0 Å². The van der Waals surface area contributed by atoms with Crippen molar-refractivity contribution in [3.8, 4) is 5.75 Å². The molecular formula is C17H25NO3. The fourth-order valence-electron chi connectivity index (χ4n) is 1.76. The maximum absolute atomic E-state index is 12.0. The van der Waals surface area contributed by atoms with Gasteiger partial charge in [0, 0.05) is 18.7 Å². The third-order valence-electron chi connectivity index (χ3n) is 3.06. The van der Waals surface area contributed by atoms with Crippen molar-refractivity contribution >= 4 is 6.09 Å². The van der Waals surface area contributed by atoms with Crippen LogP contribution in [0.25, 0.3) is 0 Å². The lowest BCUT2D eigenvalue weighted by Gasteiger charge is -2.19. The molecule has 4 nitrogen and oxygen atoms in total. The summed E-state index contributed by atoms with van der Waals surface area (Å²) in [4.78, 5) is 13.6. The van der Waals surface area contributed by atoms with E-state index in [4.69, 9.17) is 9.47 Å². The van der Waals surface area contributed by atoms with Gasteiger partial charge in [-0.3, -0.25) is 0 Å². The van der Waals surface area contributed by atoms with Crippen molar-refractivity contribution in [3.63, 3.8) is 0 Å². The molecule has 0 bridgehead atoms. The molecule has 0 spiro atoms. The van der Waals surface area contributed by atoms with Crippen molar-refractivity contribution in [2.45, 2.75) is 34.3 Å². The summed E-state index contributed by atoms with van der Waals surface area (Å²) in [7, 11) is 0. The van der Waals surface area contributed by atoms with Gasteiger partial charge in [0.1, 0.15) is 5.75 Å². The van der Waals surface area contributed by atoms with E-state index in [0.717, 1.165) is 5.56 Å². The third kappa shape index (κ3) is 6.00. The number of carbonyl (C=O) groups is 1. The maximum Gasteiger partial charge on any atom is 0.415 e. The van der Waals surface area contributed by atoms with E-state index in [2.05, 4.69) is 0 Å². The van der Waals surface area contributed by atoms with Crippen molar-refractivity contribution in [2.75, 3.05) is 19.7 Å². The summed E-state index contributed by atoms with van der Waals surface area (Å²) in [5, 5.41) is 0. The highest BCUT2D eigenvalue weighted by molar-refractivity contribution is 5.71. The minimum atomic E-state index is -0.322. The van der Waals surface area contributed by atoms with Crippen molar-refractivity contribution in [1.82, 2.24) is 4.90 Å². The molecule has 0 aliphatic carbocycles. The average Bonchev–Trinajstić information content (AvgIpc) is 2.46. The van der Waals surface area contributed by atoms with Gasteiger partial charge in [0.25, 0.3) is 0 Å². The zero-order valence-corrected chi connectivity index (χ0v) is 13.4. The molecule has 21 heavy (non-hydrogen) atoms. The van der Waals surface area contributed by atoms with Crippen LogP contribution in [0.15, 0.2) is 35.9 Å². The number of carbonyl (C=O) groups excluding carboxylic acids is 1. The van der Waals surface area contributed by atoms with Crippen LogP contribution in [0.1, 0.15) is 33.3 Å². The summed E-state index contributed by atoms with van der Waals surface area (Å²) < 4.78 is 11.0. The Morgan fingerprint density at radius 3 is 2.48 bits per heavy atom. The number of amides is 1. The zero-order chi connectivity index (χ0) is 15.7. The van der Waals surface area contributed by atoms with E-state index in [1.807, 2.05) is 52.0 Å². The van der Waals surface area contributed by atoms with Gasteiger partial charge in [-0.25, -0.2) is 4.79 Å².